The summed E-state index contributed by atoms with van der Waals surface area (Å²) in [7, 11) is -4.45. The average Bonchev–Trinajstić information content (AvgIpc) is 1.36. The van der Waals surface area contributed by atoms with Gasteiger partial charge in [0, 0.05) is 0 Å². The van der Waals surface area contributed by atoms with Gasteiger partial charge in [0.15, 0.2) is 0 Å². The van der Waals surface area contributed by atoms with Crippen molar-refractivity contribution in [3.8, 4) is 0 Å². The van der Waals surface area contributed by atoms with E-state index in [0.717, 1.165) is 0 Å². The van der Waals surface area contributed by atoms with Crippen LogP contribution in [0.15, 0.2) is 0 Å². The third-order valence-corrected chi connectivity index (χ3v) is 7.63. The second-order valence-corrected chi connectivity index (χ2v) is 23.2. The zero-order valence-corrected chi connectivity index (χ0v) is 13.6. The van der Waals surface area contributed by atoms with Crippen LogP contribution in [0.2, 0.25) is 0 Å². The van der Waals surface area contributed by atoms with Gasteiger partial charge in [0.05, 0.1) is 0 Å². The molecule has 0 spiro atoms. The fraction of sp³-hybridized carbons (Fsp3) is 1.00. The van der Waals surface area contributed by atoms with Crippen LogP contribution in [0.1, 0.15) is 0 Å². The molecule has 96 valence electrons. The van der Waals surface area contributed by atoms with Crippen molar-refractivity contribution >= 4 is 21.6 Å². The standard InChI is InChI=1S/C8H24FO3P3/c1-14(2,3,4)11-13(9,10)12-15(5,6,7)8/h1-8H3. The first-order valence-corrected chi connectivity index (χ1v) is 14.0. The van der Waals surface area contributed by atoms with Crippen molar-refractivity contribution in [1.82, 2.24) is 0 Å². The third kappa shape index (κ3) is 11.2. The zero-order chi connectivity index (χ0) is 12.8. The van der Waals surface area contributed by atoms with Crippen molar-refractivity contribution in [1.29, 1.82) is 0 Å². The Hall–Kier alpha value is 0.940. The Morgan fingerprint density at radius 3 is 1.13 bits per heavy atom. The first kappa shape index (κ1) is 15.9. The number of halogens is 1. The molecule has 0 atom stereocenters. The Morgan fingerprint density at radius 1 is 0.800 bits per heavy atom. The van der Waals surface area contributed by atoms with Crippen LogP contribution in [0.5, 0.6) is 0 Å². The molecule has 0 radical (unpaired) electrons. The summed E-state index contributed by atoms with van der Waals surface area (Å²) in [5.74, 6) is 0. The molecule has 0 aliphatic heterocycles. The summed E-state index contributed by atoms with van der Waals surface area (Å²) in [6.07, 6.45) is 0. The molecule has 0 aliphatic rings. The first-order chi connectivity index (χ1) is 5.92. The average molecular weight is 280 g/mol. The van der Waals surface area contributed by atoms with Crippen LogP contribution in [-0.4, -0.2) is 53.3 Å². The number of hydrogen-bond donors (Lipinski definition) is 0. The number of rotatable bonds is 4. The topological polar surface area (TPSA) is 35.5 Å². The molecule has 0 saturated carbocycles. The van der Waals surface area contributed by atoms with Gasteiger partial charge in [0.1, 0.15) is 0 Å². The van der Waals surface area contributed by atoms with E-state index in [2.05, 4.69) is 0 Å². The predicted octanol–water partition coefficient (Wildman–Crippen LogP) is 4.07. The first-order valence-electron chi connectivity index (χ1n) is 4.66. The van der Waals surface area contributed by atoms with Gasteiger partial charge in [0.25, 0.3) is 0 Å². The zero-order valence-electron chi connectivity index (χ0n) is 10.9. The Labute approximate surface area is 92.8 Å². The fourth-order valence-corrected chi connectivity index (χ4v) is 7.42. The quantitative estimate of drug-likeness (QED) is 0.728. The van der Waals surface area contributed by atoms with Crippen molar-refractivity contribution in [3.05, 3.63) is 0 Å². The van der Waals surface area contributed by atoms with Crippen molar-refractivity contribution in [2.75, 3.05) is 53.3 Å². The Bertz CT molecular complexity index is 264. The molecule has 15 heavy (non-hydrogen) atoms. The van der Waals surface area contributed by atoms with Crippen LogP contribution in [0.3, 0.4) is 0 Å². The summed E-state index contributed by atoms with van der Waals surface area (Å²) in [6.45, 7) is 9.02. The molecular formula is C8H24FO3P3. The maximum atomic E-state index is 13.7. The molecule has 0 amide bonds. The summed E-state index contributed by atoms with van der Waals surface area (Å²) >= 11 is 0. The van der Waals surface area contributed by atoms with E-state index in [0.29, 0.717) is 0 Å². The molecule has 0 fully saturated rings. The minimum atomic E-state index is -4.45. The Balaban J connectivity index is 4.85. The molecule has 0 bridgehead atoms. The molecule has 0 aromatic carbocycles. The van der Waals surface area contributed by atoms with Gasteiger partial charge in [-0.05, 0) is 0 Å². The molecule has 0 unspecified atom stereocenters. The molecule has 7 heteroatoms. The van der Waals surface area contributed by atoms with Crippen LogP contribution in [0.4, 0.5) is 4.20 Å². The second kappa shape index (κ2) is 3.47. The molecular weight excluding hydrogens is 256 g/mol. The van der Waals surface area contributed by atoms with Crippen LogP contribution in [-0.2, 0) is 13.2 Å². The van der Waals surface area contributed by atoms with E-state index >= 15 is 0 Å². The van der Waals surface area contributed by atoms with Gasteiger partial charge in [-0.3, -0.25) is 0 Å². The molecule has 0 aromatic heterocycles. The van der Waals surface area contributed by atoms with Crippen LogP contribution >= 0.6 is 21.6 Å². The summed E-state index contributed by atoms with van der Waals surface area (Å²) in [4.78, 5) is 0. The molecule has 0 heterocycles. The van der Waals surface area contributed by atoms with E-state index in [9.17, 15) is 8.76 Å². The van der Waals surface area contributed by atoms with Crippen LogP contribution in [0.25, 0.3) is 0 Å². The van der Waals surface area contributed by atoms with E-state index in [-0.39, 0.29) is 0 Å². The molecule has 0 saturated heterocycles. The van der Waals surface area contributed by atoms with Gasteiger partial charge in [0.2, 0.25) is 0 Å². The molecule has 0 aromatic rings. The van der Waals surface area contributed by atoms with E-state index < -0.39 is 21.6 Å². The van der Waals surface area contributed by atoms with E-state index in [4.69, 9.17) is 8.62 Å². The summed E-state index contributed by atoms with van der Waals surface area (Å²) in [5.41, 5.74) is 0. The molecule has 3 nitrogen and oxygen atoms in total. The SMILES string of the molecule is CP(C)(C)(C)OP(=O)(F)OP(C)(C)(C)C. The van der Waals surface area contributed by atoms with Crippen molar-refractivity contribution in [2.24, 2.45) is 0 Å². The minimum absolute atomic E-state index is 1.78. The maximum absolute atomic E-state index is 13.7. The van der Waals surface area contributed by atoms with Gasteiger partial charge in [-0.25, -0.2) is 0 Å². The van der Waals surface area contributed by atoms with Gasteiger partial charge >= 0.3 is 92.3 Å². The fourth-order valence-electron chi connectivity index (χ4n) is 0.795. The normalized spacial score (nSPS) is 23.3. The van der Waals surface area contributed by atoms with Crippen molar-refractivity contribution in [2.45, 2.75) is 0 Å². The molecule has 0 N–H and O–H groups in total. The second-order valence-electron chi connectivity index (χ2n) is 7.42. The summed E-state index contributed by atoms with van der Waals surface area (Å²) in [5, 5.41) is 0. The summed E-state index contributed by atoms with van der Waals surface area (Å²) < 4.78 is 35.5. The number of hydrogen-bond acceptors (Lipinski definition) is 3. The third-order valence-electron chi connectivity index (χ3n) is 0.848. The van der Waals surface area contributed by atoms with E-state index in [1.165, 1.54) is 0 Å². The molecule has 0 rings (SSSR count). The Kier molecular flexibility index (Phi) is 3.68. The predicted molar refractivity (Wildman–Crippen MR) is 72.1 cm³/mol. The van der Waals surface area contributed by atoms with E-state index in [1.54, 1.807) is 53.3 Å². The van der Waals surface area contributed by atoms with Gasteiger partial charge < -0.3 is 0 Å². The molecule has 0 aliphatic carbocycles. The Morgan fingerprint density at radius 2 is 1.00 bits per heavy atom. The van der Waals surface area contributed by atoms with Gasteiger partial charge in [-0.15, -0.1) is 0 Å². The van der Waals surface area contributed by atoms with Gasteiger partial charge in [-0.1, -0.05) is 0 Å². The van der Waals surface area contributed by atoms with Gasteiger partial charge in [-0.2, -0.15) is 0 Å². The van der Waals surface area contributed by atoms with Crippen LogP contribution in [0, 0.1) is 0 Å². The van der Waals surface area contributed by atoms with Crippen LogP contribution < -0.4 is 0 Å². The summed E-state index contributed by atoms with van der Waals surface area (Å²) in [6, 6.07) is 0. The monoisotopic (exact) mass is 280 g/mol. The van der Waals surface area contributed by atoms with E-state index in [1.807, 2.05) is 0 Å². The van der Waals surface area contributed by atoms with Crippen molar-refractivity contribution in [3.63, 3.8) is 0 Å². The van der Waals surface area contributed by atoms with Crippen molar-refractivity contribution < 1.29 is 17.4 Å².